The summed E-state index contributed by atoms with van der Waals surface area (Å²) in [6.45, 7) is 14.4. The van der Waals surface area contributed by atoms with Gasteiger partial charge >= 0.3 is 211 Å². The fourth-order valence-corrected chi connectivity index (χ4v) is 49.8. The molecule has 0 aromatic rings. The molecule has 0 spiro atoms. The first-order valence-electron chi connectivity index (χ1n) is 9.55. The molecular formula is C20H28O8S4Sn. The Labute approximate surface area is 209 Å². The number of ether oxygens (including phenoxy) is 4. The summed E-state index contributed by atoms with van der Waals surface area (Å²) >= 11 is -3.23. The molecule has 0 amide bonds. The van der Waals surface area contributed by atoms with Crippen LogP contribution in [0, 0.1) is 0 Å². The van der Waals surface area contributed by atoms with E-state index < -0.39 is 36.7 Å². The summed E-state index contributed by atoms with van der Waals surface area (Å²) in [5.41, 5.74) is 0. The van der Waals surface area contributed by atoms with Crippen molar-refractivity contribution in [3.05, 3.63) is 50.6 Å². The maximum absolute atomic E-state index is 11.3. The normalized spacial score (nSPS) is 10.4. The van der Waals surface area contributed by atoms with Crippen LogP contribution in [0.4, 0.5) is 0 Å². The molecule has 0 rings (SSSR count). The Morgan fingerprint density at radius 2 is 0.727 bits per heavy atom. The van der Waals surface area contributed by atoms with Gasteiger partial charge in [-0.25, -0.2) is 0 Å². The van der Waals surface area contributed by atoms with Crippen LogP contribution < -0.4 is 0 Å². The molecule has 0 aliphatic heterocycles. The first-order chi connectivity index (χ1) is 15.8. The summed E-state index contributed by atoms with van der Waals surface area (Å²) in [7, 11) is 6.88. The molecule has 0 atom stereocenters. The van der Waals surface area contributed by atoms with Crippen LogP contribution in [0.5, 0.6) is 0 Å². The van der Waals surface area contributed by atoms with Gasteiger partial charge in [-0.05, 0) is 0 Å². The number of hydrogen-bond donors (Lipinski definition) is 0. The number of carbonyl (C=O) groups excluding carboxylic acids is 4. The number of esters is 4. The first kappa shape index (κ1) is 32.0. The Kier molecular flexibility index (Phi) is 19.8. The Morgan fingerprint density at radius 3 is 0.909 bits per heavy atom. The van der Waals surface area contributed by atoms with Crippen LogP contribution in [-0.4, -0.2) is 86.2 Å². The van der Waals surface area contributed by atoms with Crippen molar-refractivity contribution in [2.45, 2.75) is 0 Å². The fourth-order valence-electron chi connectivity index (χ4n) is 1.72. The third kappa shape index (κ3) is 17.2. The van der Waals surface area contributed by atoms with Crippen LogP contribution in [0.1, 0.15) is 0 Å². The van der Waals surface area contributed by atoms with E-state index in [1.165, 1.54) is 0 Å². The number of carbonyl (C=O) groups is 4. The van der Waals surface area contributed by atoms with Gasteiger partial charge in [0, 0.05) is 0 Å². The monoisotopic (exact) mass is 644 g/mol. The molecule has 33 heavy (non-hydrogen) atoms. The summed E-state index contributed by atoms with van der Waals surface area (Å²) < 4.78 is 20.4. The van der Waals surface area contributed by atoms with Gasteiger partial charge in [0.05, 0.1) is 0 Å². The predicted molar refractivity (Wildman–Crippen MR) is 140 cm³/mol. The molecule has 8 nitrogen and oxygen atoms in total. The molecule has 0 saturated heterocycles. The minimum atomic E-state index is -3.23. The summed E-state index contributed by atoms with van der Waals surface area (Å²) in [5.74, 6) is 0.285. The zero-order valence-electron chi connectivity index (χ0n) is 18.2. The van der Waals surface area contributed by atoms with Crippen molar-refractivity contribution < 1.29 is 38.1 Å². The molecule has 13 heteroatoms. The zero-order valence-corrected chi connectivity index (χ0v) is 24.3. The number of rotatable bonds is 20. The first-order valence-corrected chi connectivity index (χ1v) is 27.5. The third-order valence-corrected chi connectivity index (χ3v) is 53.6. The van der Waals surface area contributed by atoms with Crippen LogP contribution in [0.15, 0.2) is 50.6 Å². The van der Waals surface area contributed by atoms with Gasteiger partial charge in [0.15, 0.2) is 0 Å². The topological polar surface area (TPSA) is 105 Å². The van der Waals surface area contributed by atoms with E-state index in [4.69, 9.17) is 18.9 Å². The second-order valence-corrected chi connectivity index (χ2v) is 47.7. The number of hydrogen-bond acceptors (Lipinski definition) is 12. The van der Waals surface area contributed by atoms with E-state index in [0.29, 0.717) is 23.0 Å². The van der Waals surface area contributed by atoms with Crippen molar-refractivity contribution >= 4 is 72.5 Å². The van der Waals surface area contributed by atoms with Gasteiger partial charge in [0.2, 0.25) is 0 Å². The van der Waals surface area contributed by atoms with Crippen LogP contribution in [-0.2, 0) is 38.1 Å². The molecule has 0 fully saturated rings. The molecule has 184 valence electrons. The van der Waals surface area contributed by atoms with Crippen LogP contribution in [0.2, 0.25) is 0 Å². The molecule has 0 aliphatic rings. The molecule has 0 radical (unpaired) electrons. The standard InChI is InChI=1S/4C5H8O2S.Sn/c4*1-2-5(6)7-3-4-8;/h4*2,8H,1,3-4H2;/q;;;;+4/p-4. The van der Waals surface area contributed by atoms with Gasteiger partial charge in [0.1, 0.15) is 0 Å². The van der Waals surface area contributed by atoms with Gasteiger partial charge in [-0.15, -0.1) is 0 Å². The average molecular weight is 643 g/mol. The van der Waals surface area contributed by atoms with Gasteiger partial charge < -0.3 is 0 Å². The predicted octanol–water partition coefficient (Wildman–Crippen LogP) is 3.27. The molecule has 0 unspecified atom stereocenters. The summed E-state index contributed by atoms with van der Waals surface area (Å²) in [6.07, 6.45) is 4.43. The van der Waals surface area contributed by atoms with Crippen molar-refractivity contribution in [1.29, 1.82) is 0 Å². The maximum atomic E-state index is 11.3. The molecule has 0 bridgehead atoms. The Hall–Kier alpha value is -0.961. The van der Waals surface area contributed by atoms with E-state index in [1.54, 1.807) is 35.8 Å². The van der Waals surface area contributed by atoms with Gasteiger partial charge in [-0.2, -0.15) is 0 Å². The van der Waals surface area contributed by atoms with E-state index in [1.807, 2.05) is 0 Å². The van der Waals surface area contributed by atoms with Crippen LogP contribution in [0.3, 0.4) is 0 Å². The van der Waals surface area contributed by atoms with Crippen molar-refractivity contribution in [3.8, 4) is 0 Å². The van der Waals surface area contributed by atoms with E-state index >= 15 is 0 Å². The minimum absolute atomic E-state index is 0.220. The van der Waals surface area contributed by atoms with Crippen LogP contribution in [0.25, 0.3) is 0 Å². The SMILES string of the molecule is C=CC(=O)OCC[S][Sn]([S]CCOC(=O)C=C)([S]CCOC(=O)C=C)[S]CCOC(=O)C=C. The molecule has 0 aromatic carbocycles. The van der Waals surface area contributed by atoms with Crippen molar-refractivity contribution in [3.63, 3.8) is 0 Å². The molecule has 0 N–H and O–H groups in total. The molecule has 0 saturated carbocycles. The second kappa shape index (κ2) is 20.4. The molecule has 0 heterocycles. The quantitative estimate of drug-likeness (QED) is 0.0640. The van der Waals surface area contributed by atoms with Crippen molar-refractivity contribution in [2.75, 3.05) is 49.4 Å². The average Bonchev–Trinajstić information content (AvgIpc) is 2.83. The van der Waals surface area contributed by atoms with E-state index in [9.17, 15) is 19.2 Å². The molecule has 0 aromatic heterocycles. The van der Waals surface area contributed by atoms with Crippen molar-refractivity contribution in [2.24, 2.45) is 0 Å². The van der Waals surface area contributed by atoms with E-state index in [0.717, 1.165) is 24.3 Å². The summed E-state index contributed by atoms with van der Waals surface area (Å²) in [6, 6.07) is 0. The fraction of sp³-hybridized carbons (Fsp3) is 0.400. The Morgan fingerprint density at radius 1 is 0.515 bits per heavy atom. The summed E-state index contributed by atoms with van der Waals surface area (Å²) in [4.78, 5) is 45.3. The van der Waals surface area contributed by atoms with Gasteiger partial charge in [-0.3, -0.25) is 0 Å². The second-order valence-electron chi connectivity index (χ2n) is 5.38. The Bertz CT molecular complexity index is 584. The molecule has 0 aliphatic carbocycles. The summed E-state index contributed by atoms with van der Waals surface area (Å²) in [5, 5.41) is 0. The van der Waals surface area contributed by atoms with Gasteiger partial charge in [-0.1, -0.05) is 0 Å². The molecular weight excluding hydrogens is 615 g/mol. The van der Waals surface area contributed by atoms with Crippen molar-refractivity contribution in [1.82, 2.24) is 0 Å². The zero-order chi connectivity index (χ0) is 25.0. The van der Waals surface area contributed by atoms with E-state index in [2.05, 4.69) is 26.3 Å². The Balaban J connectivity index is 5.15. The van der Waals surface area contributed by atoms with Crippen LogP contribution >= 0.6 is 35.8 Å². The van der Waals surface area contributed by atoms with Gasteiger partial charge in [0.25, 0.3) is 0 Å². The third-order valence-electron chi connectivity index (χ3n) is 3.09. The van der Waals surface area contributed by atoms with E-state index in [-0.39, 0.29) is 26.4 Å².